The number of nitrogens with zero attached hydrogens (tertiary/aromatic N) is 1. The van der Waals surface area contributed by atoms with E-state index in [2.05, 4.69) is 30.9 Å². The van der Waals surface area contributed by atoms with Gasteiger partial charge in [0, 0.05) is 6.54 Å². The maximum absolute atomic E-state index is 11.1. The number of aryl methyl sites for hydroxylation is 2. The van der Waals surface area contributed by atoms with Crippen LogP contribution in [0.3, 0.4) is 0 Å². The molecule has 0 saturated carbocycles. The minimum atomic E-state index is -3.96. The maximum atomic E-state index is 11.1. The normalized spacial score (nSPS) is 13.2. The van der Waals surface area contributed by atoms with Gasteiger partial charge in [0.15, 0.2) is 11.5 Å². The lowest BCUT2D eigenvalue weighted by Crippen LogP contribution is -2.25. The fourth-order valence-corrected chi connectivity index (χ4v) is 3.67. The number of para-hydroxylation sites is 2. The Bertz CT molecular complexity index is 877. The fraction of sp³-hybridized carbons (Fsp3) is 0.368. The number of benzene rings is 2. The molecule has 0 bridgehead atoms. The molecule has 134 valence electrons. The molecule has 1 N–H and O–H groups in total. The van der Waals surface area contributed by atoms with E-state index in [1.54, 1.807) is 0 Å². The smallest absolute Gasteiger partial charge is 0.264 e. The molecule has 0 amide bonds. The summed E-state index contributed by atoms with van der Waals surface area (Å²) in [6.45, 7) is 4.70. The molecule has 25 heavy (non-hydrogen) atoms. The second kappa shape index (κ2) is 7.06. The van der Waals surface area contributed by atoms with Gasteiger partial charge < -0.3 is 9.64 Å². The first kappa shape index (κ1) is 17.8. The Labute approximate surface area is 149 Å². The number of ether oxygens (including phenoxy) is 1. The van der Waals surface area contributed by atoms with E-state index >= 15 is 0 Å². The van der Waals surface area contributed by atoms with E-state index in [0.717, 1.165) is 41.3 Å². The minimum Gasteiger partial charge on any atom is -0.453 e. The molecule has 0 fully saturated rings. The zero-order valence-corrected chi connectivity index (χ0v) is 15.3. The molecule has 0 atom stereocenters. The summed E-state index contributed by atoms with van der Waals surface area (Å²) in [7, 11) is -3.96. The molecular weight excluding hydrogens is 338 g/mol. The van der Waals surface area contributed by atoms with Crippen molar-refractivity contribution in [3.05, 3.63) is 47.5 Å². The van der Waals surface area contributed by atoms with E-state index in [1.807, 2.05) is 24.3 Å². The highest BCUT2D eigenvalue weighted by Crippen LogP contribution is 2.48. The fourth-order valence-electron chi connectivity index (χ4n) is 3.17. The van der Waals surface area contributed by atoms with Crippen LogP contribution in [-0.2, 0) is 23.0 Å². The first-order chi connectivity index (χ1) is 11.9. The summed E-state index contributed by atoms with van der Waals surface area (Å²) in [4.78, 5) is 2.09. The average molecular weight is 361 g/mol. The van der Waals surface area contributed by atoms with Crippen LogP contribution in [0.4, 0.5) is 11.4 Å². The van der Waals surface area contributed by atoms with Crippen molar-refractivity contribution in [2.75, 3.05) is 17.2 Å². The topological polar surface area (TPSA) is 66.8 Å². The van der Waals surface area contributed by atoms with Gasteiger partial charge in [0.2, 0.25) is 0 Å². The Balaban J connectivity index is 2.04. The summed E-state index contributed by atoms with van der Waals surface area (Å²) in [5, 5.41) is 0. The highest BCUT2D eigenvalue weighted by molar-refractivity contribution is 7.85. The molecule has 0 spiro atoms. The third-order valence-corrected chi connectivity index (χ3v) is 5.24. The summed E-state index contributed by atoms with van der Waals surface area (Å²) in [6.07, 6.45) is 2.11. The predicted octanol–water partition coefficient (Wildman–Crippen LogP) is 4.33. The van der Waals surface area contributed by atoms with Gasteiger partial charge in [-0.1, -0.05) is 32.0 Å². The van der Waals surface area contributed by atoms with E-state index in [1.165, 1.54) is 5.56 Å². The van der Waals surface area contributed by atoms with Crippen molar-refractivity contribution in [1.82, 2.24) is 0 Å². The van der Waals surface area contributed by atoms with Gasteiger partial charge in [0.25, 0.3) is 10.1 Å². The van der Waals surface area contributed by atoms with Gasteiger partial charge in [-0.3, -0.25) is 4.55 Å². The van der Waals surface area contributed by atoms with Crippen molar-refractivity contribution < 1.29 is 17.7 Å². The Hall–Kier alpha value is -2.05. The van der Waals surface area contributed by atoms with E-state index in [4.69, 9.17) is 9.29 Å². The lowest BCUT2D eigenvalue weighted by molar-refractivity contribution is 0.466. The summed E-state index contributed by atoms with van der Waals surface area (Å²) in [6, 6.07) is 12.0. The summed E-state index contributed by atoms with van der Waals surface area (Å²) >= 11 is 0. The van der Waals surface area contributed by atoms with Gasteiger partial charge >= 0.3 is 0 Å². The molecule has 0 saturated heterocycles. The van der Waals surface area contributed by atoms with Gasteiger partial charge in [-0.2, -0.15) is 8.42 Å². The molecule has 3 rings (SSSR count). The molecule has 1 aliphatic rings. The standard InChI is InChI=1S/C19H23NO4S/c1-3-14-12-15(4-2)19-17(13-14)20(10-7-11-25(21,22)23)16-8-5-6-9-18(16)24-19/h5-6,8-9,12-13H,3-4,7,10-11H2,1-2H3,(H,21,22,23). The highest BCUT2D eigenvalue weighted by Gasteiger charge is 2.26. The quantitative estimate of drug-likeness (QED) is 0.776. The summed E-state index contributed by atoms with van der Waals surface area (Å²) < 4.78 is 37.4. The van der Waals surface area contributed by atoms with Crippen LogP contribution in [-0.4, -0.2) is 25.3 Å². The van der Waals surface area contributed by atoms with Gasteiger partial charge in [-0.05, 0) is 48.6 Å². The third-order valence-electron chi connectivity index (χ3n) is 4.44. The maximum Gasteiger partial charge on any atom is 0.264 e. The van der Waals surface area contributed by atoms with E-state index in [9.17, 15) is 8.42 Å². The first-order valence-corrected chi connectivity index (χ1v) is 10.2. The second-order valence-electron chi connectivity index (χ2n) is 6.17. The number of hydrogen-bond donors (Lipinski definition) is 1. The van der Waals surface area contributed by atoms with Crippen molar-refractivity contribution in [1.29, 1.82) is 0 Å². The van der Waals surface area contributed by atoms with Crippen molar-refractivity contribution in [3.8, 4) is 11.5 Å². The molecule has 1 aliphatic heterocycles. The Kier molecular flexibility index (Phi) is 5.01. The zero-order chi connectivity index (χ0) is 18.0. The second-order valence-corrected chi connectivity index (χ2v) is 7.74. The van der Waals surface area contributed by atoms with Crippen molar-refractivity contribution >= 4 is 21.5 Å². The number of rotatable bonds is 6. The van der Waals surface area contributed by atoms with Gasteiger partial charge in [-0.15, -0.1) is 0 Å². The van der Waals surface area contributed by atoms with Crippen LogP contribution < -0.4 is 9.64 Å². The van der Waals surface area contributed by atoms with E-state index in [-0.39, 0.29) is 5.75 Å². The van der Waals surface area contributed by atoms with Crippen LogP contribution in [0.1, 0.15) is 31.4 Å². The lowest BCUT2D eigenvalue weighted by Gasteiger charge is -2.34. The molecular formula is C19H23NO4S. The van der Waals surface area contributed by atoms with Gasteiger partial charge in [0.1, 0.15) is 0 Å². The Morgan fingerprint density at radius 2 is 1.84 bits per heavy atom. The molecule has 1 heterocycles. The minimum absolute atomic E-state index is 0.254. The molecule has 2 aromatic rings. The van der Waals surface area contributed by atoms with Crippen LogP contribution in [0, 0.1) is 0 Å². The summed E-state index contributed by atoms with van der Waals surface area (Å²) in [5.74, 6) is 1.35. The van der Waals surface area contributed by atoms with Crippen LogP contribution in [0.5, 0.6) is 11.5 Å². The highest BCUT2D eigenvalue weighted by atomic mass is 32.2. The van der Waals surface area contributed by atoms with Crippen LogP contribution in [0.15, 0.2) is 36.4 Å². The average Bonchev–Trinajstić information content (AvgIpc) is 2.59. The van der Waals surface area contributed by atoms with Crippen LogP contribution >= 0.6 is 0 Å². The van der Waals surface area contributed by atoms with Crippen molar-refractivity contribution in [2.45, 2.75) is 33.1 Å². The molecule has 2 aromatic carbocycles. The van der Waals surface area contributed by atoms with Crippen molar-refractivity contribution in [3.63, 3.8) is 0 Å². The van der Waals surface area contributed by atoms with Crippen molar-refractivity contribution in [2.24, 2.45) is 0 Å². The molecule has 5 nitrogen and oxygen atoms in total. The molecule has 6 heteroatoms. The SMILES string of the molecule is CCc1cc(CC)c2c(c1)N(CCCS(=O)(=O)O)c1ccccc1O2. The van der Waals surface area contributed by atoms with Gasteiger partial charge in [0.05, 0.1) is 17.1 Å². The third kappa shape index (κ3) is 3.80. The number of hydrogen-bond acceptors (Lipinski definition) is 4. The largest absolute Gasteiger partial charge is 0.453 e. The molecule has 0 radical (unpaired) electrons. The first-order valence-electron chi connectivity index (χ1n) is 8.58. The lowest BCUT2D eigenvalue weighted by atomic mass is 10.0. The van der Waals surface area contributed by atoms with E-state index in [0.29, 0.717) is 13.0 Å². The zero-order valence-electron chi connectivity index (χ0n) is 14.5. The molecule has 0 aliphatic carbocycles. The Morgan fingerprint density at radius 1 is 1.08 bits per heavy atom. The van der Waals surface area contributed by atoms with E-state index < -0.39 is 10.1 Å². The predicted molar refractivity (Wildman–Crippen MR) is 99.8 cm³/mol. The van der Waals surface area contributed by atoms with Gasteiger partial charge in [-0.25, -0.2) is 0 Å². The summed E-state index contributed by atoms with van der Waals surface area (Å²) in [5.41, 5.74) is 4.24. The van der Waals surface area contributed by atoms with Crippen LogP contribution in [0.2, 0.25) is 0 Å². The van der Waals surface area contributed by atoms with Crippen LogP contribution in [0.25, 0.3) is 0 Å². The number of fused-ring (bicyclic) bond motifs is 2. The molecule has 0 aromatic heterocycles. The molecule has 0 unspecified atom stereocenters. The number of anilines is 2. The monoisotopic (exact) mass is 361 g/mol. The Morgan fingerprint density at radius 3 is 2.52 bits per heavy atom.